The van der Waals surface area contributed by atoms with Crippen molar-refractivity contribution >= 4 is 17.8 Å². The maximum absolute atomic E-state index is 12.5. The molecule has 0 heterocycles. The number of allylic oxidation sites excluding steroid dienone is 1. The molecule has 0 saturated carbocycles. The Kier molecular flexibility index (Phi) is 28.2. The largest absolute Gasteiger partial charge is 0.494 e. The van der Waals surface area contributed by atoms with Gasteiger partial charge in [0.1, 0.15) is 11.4 Å². The van der Waals surface area contributed by atoms with Crippen molar-refractivity contribution in [2.75, 3.05) is 13.2 Å². The van der Waals surface area contributed by atoms with Gasteiger partial charge in [-0.05, 0) is 78.7 Å². The Morgan fingerprint density at radius 1 is 0.688 bits per heavy atom. The van der Waals surface area contributed by atoms with E-state index >= 15 is 0 Å². The normalized spacial score (nSPS) is 13.2. The van der Waals surface area contributed by atoms with Crippen LogP contribution in [0.4, 0.5) is 0 Å². The lowest BCUT2D eigenvalue weighted by Gasteiger charge is -2.32. The third-order valence-electron chi connectivity index (χ3n) is 8.96. The zero-order valence-corrected chi connectivity index (χ0v) is 32.4. The predicted molar refractivity (Wildman–Crippen MR) is 201 cm³/mol. The molecule has 0 spiro atoms. The fourth-order valence-corrected chi connectivity index (χ4v) is 5.61. The van der Waals surface area contributed by atoms with Crippen molar-refractivity contribution in [3.8, 4) is 0 Å². The van der Waals surface area contributed by atoms with Gasteiger partial charge in [0.25, 0.3) is 0 Å². The molecule has 2 unspecified atom stereocenters. The van der Waals surface area contributed by atoms with Crippen LogP contribution in [0.2, 0.25) is 0 Å². The Labute approximate surface area is 296 Å². The van der Waals surface area contributed by atoms with E-state index in [0.717, 1.165) is 50.8 Å². The van der Waals surface area contributed by atoms with Crippen molar-refractivity contribution in [1.29, 1.82) is 0 Å². The van der Waals surface area contributed by atoms with Crippen molar-refractivity contribution in [2.24, 2.45) is 10.9 Å². The highest BCUT2D eigenvalue weighted by Crippen LogP contribution is 2.27. The summed E-state index contributed by atoms with van der Waals surface area (Å²) in [6.07, 6.45) is 24.5. The number of carbonyl (C=O) groups is 2. The highest BCUT2D eigenvalue weighted by molar-refractivity contribution is 5.73. The molecule has 0 rings (SSSR count). The Bertz CT molecular complexity index is 880. The number of esters is 2. The van der Waals surface area contributed by atoms with Crippen LogP contribution in [0.3, 0.4) is 0 Å². The van der Waals surface area contributed by atoms with Gasteiger partial charge in [0, 0.05) is 32.7 Å². The van der Waals surface area contributed by atoms with Gasteiger partial charge in [-0.1, -0.05) is 104 Å². The molecule has 0 aliphatic carbocycles. The third-order valence-corrected chi connectivity index (χ3v) is 8.96. The second kappa shape index (κ2) is 29.6. The quantitative estimate of drug-likeness (QED) is 0.0176. The van der Waals surface area contributed by atoms with Crippen LogP contribution < -0.4 is 0 Å². The van der Waals surface area contributed by atoms with Crippen LogP contribution in [-0.4, -0.2) is 48.8 Å². The van der Waals surface area contributed by atoms with Crippen molar-refractivity contribution < 1.29 is 28.5 Å². The van der Waals surface area contributed by atoms with Crippen LogP contribution in [0.1, 0.15) is 183 Å². The first-order chi connectivity index (χ1) is 22.9. The minimum atomic E-state index is -0.418. The molecular formula is C41H75NO6. The number of hydrogen-bond donors (Lipinski definition) is 0. The number of hydrogen-bond acceptors (Lipinski definition) is 7. The molecule has 2 atom stereocenters. The third kappa shape index (κ3) is 28.7. The molecule has 0 aromatic carbocycles. The first-order valence-electron chi connectivity index (χ1n) is 19.4. The average Bonchev–Trinajstić information content (AvgIpc) is 3.01. The lowest BCUT2D eigenvalue weighted by molar-refractivity contribution is -0.161. The van der Waals surface area contributed by atoms with E-state index in [1.165, 1.54) is 77.0 Å². The highest BCUT2D eigenvalue weighted by atomic mass is 16.6. The van der Waals surface area contributed by atoms with Gasteiger partial charge in [0.2, 0.25) is 0 Å². The molecule has 0 bridgehead atoms. The fourth-order valence-electron chi connectivity index (χ4n) is 5.61. The van der Waals surface area contributed by atoms with E-state index in [9.17, 15) is 9.59 Å². The lowest BCUT2D eigenvalue weighted by atomic mass is 9.87. The maximum Gasteiger partial charge on any atom is 0.306 e. The molecule has 7 nitrogen and oxygen atoms in total. The van der Waals surface area contributed by atoms with Crippen LogP contribution in [0, 0.1) is 5.92 Å². The molecule has 280 valence electrons. The molecule has 0 aromatic rings. The Morgan fingerprint density at radius 2 is 1.17 bits per heavy atom. The Morgan fingerprint density at radius 3 is 1.69 bits per heavy atom. The van der Waals surface area contributed by atoms with Crippen LogP contribution in [0.15, 0.2) is 30.0 Å². The summed E-state index contributed by atoms with van der Waals surface area (Å²) in [5.74, 6) is 1.57. The van der Waals surface area contributed by atoms with Gasteiger partial charge in [-0.3, -0.25) is 14.6 Å². The van der Waals surface area contributed by atoms with Gasteiger partial charge in [-0.25, -0.2) is 0 Å². The van der Waals surface area contributed by atoms with Crippen LogP contribution in [-0.2, 0) is 28.5 Å². The summed E-state index contributed by atoms with van der Waals surface area (Å²) in [5, 5.41) is 0. The first-order valence-corrected chi connectivity index (χ1v) is 19.4. The predicted octanol–water partition coefficient (Wildman–Crippen LogP) is 11.6. The van der Waals surface area contributed by atoms with E-state index in [2.05, 4.69) is 45.8 Å². The monoisotopic (exact) mass is 678 g/mol. The summed E-state index contributed by atoms with van der Waals surface area (Å²) in [6, 6.07) is 0. The van der Waals surface area contributed by atoms with Crippen molar-refractivity contribution in [2.45, 2.75) is 201 Å². The summed E-state index contributed by atoms with van der Waals surface area (Å²) in [7, 11) is 0. The molecule has 0 aliphatic rings. The second-order valence-electron chi connectivity index (χ2n) is 14.5. The Hall–Kier alpha value is -2.31. The number of rotatable bonds is 32. The number of unbranched alkanes of at least 4 members (excludes halogenated alkanes) is 14. The SMILES string of the molecule is C=CC(=C)OCCCN=C(C)OC(C)CCCCCCCCCCC(=O)OC(C)(C)C(C)CCCCCCCCCCC(=O)OC(C)C. The molecule has 48 heavy (non-hydrogen) atoms. The number of nitrogens with zero attached hydrogens (tertiary/aromatic N) is 1. The van der Waals surface area contributed by atoms with Gasteiger partial charge in [-0.2, -0.15) is 0 Å². The molecule has 0 N–H and O–H groups in total. The average molecular weight is 678 g/mol. The fraction of sp³-hybridized carbons (Fsp3) is 0.829. The van der Waals surface area contributed by atoms with Crippen LogP contribution in [0.25, 0.3) is 0 Å². The van der Waals surface area contributed by atoms with Gasteiger partial charge in [0.05, 0.1) is 18.8 Å². The van der Waals surface area contributed by atoms with Crippen LogP contribution >= 0.6 is 0 Å². The van der Waals surface area contributed by atoms with Crippen molar-refractivity contribution in [3.05, 3.63) is 25.0 Å². The molecule has 7 heteroatoms. The van der Waals surface area contributed by atoms with E-state index in [4.69, 9.17) is 18.9 Å². The minimum absolute atomic E-state index is 0.0177. The topological polar surface area (TPSA) is 83.4 Å². The van der Waals surface area contributed by atoms with Gasteiger partial charge < -0.3 is 18.9 Å². The standard InChI is InChI=1S/C41H75NO6/c1-10-36(5)45-33-27-32-42-38(7)47-37(6)29-24-20-16-12-14-18-22-26-31-40(44)48-41(8,9)35(4)28-23-19-15-11-13-17-21-25-30-39(43)46-34(2)3/h10,34-35,37H,1,5,11-33H2,2-4,6-9H3. The van der Waals surface area contributed by atoms with E-state index in [-0.39, 0.29) is 24.1 Å². The number of carbonyl (C=O) groups excluding carboxylic acids is 2. The molecule has 0 aliphatic heterocycles. The zero-order chi connectivity index (χ0) is 36.0. The van der Waals surface area contributed by atoms with E-state index in [0.29, 0.717) is 37.7 Å². The van der Waals surface area contributed by atoms with Crippen molar-refractivity contribution in [3.63, 3.8) is 0 Å². The van der Waals surface area contributed by atoms with E-state index in [1.54, 1.807) is 6.08 Å². The lowest BCUT2D eigenvalue weighted by Crippen LogP contribution is -2.35. The minimum Gasteiger partial charge on any atom is -0.494 e. The first kappa shape index (κ1) is 45.7. The summed E-state index contributed by atoms with van der Waals surface area (Å²) in [5.41, 5.74) is -0.418. The molecular weight excluding hydrogens is 602 g/mol. The van der Waals surface area contributed by atoms with Gasteiger partial charge in [0.15, 0.2) is 5.90 Å². The highest BCUT2D eigenvalue weighted by Gasteiger charge is 2.29. The number of aliphatic imine (C=N–C) groups is 1. The van der Waals surface area contributed by atoms with Gasteiger partial charge >= 0.3 is 11.9 Å². The van der Waals surface area contributed by atoms with Crippen LogP contribution in [0.5, 0.6) is 0 Å². The van der Waals surface area contributed by atoms with Crippen molar-refractivity contribution in [1.82, 2.24) is 0 Å². The molecule has 0 aromatic heterocycles. The zero-order valence-electron chi connectivity index (χ0n) is 32.4. The summed E-state index contributed by atoms with van der Waals surface area (Å²) < 4.78 is 22.4. The number of ether oxygens (including phenoxy) is 4. The van der Waals surface area contributed by atoms with Gasteiger partial charge in [-0.15, -0.1) is 0 Å². The summed E-state index contributed by atoms with van der Waals surface area (Å²) >= 11 is 0. The van der Waals surface area contributed by atoms with E-state index in [1.807, 2.05) is 20.8 Å². The maximum atomic E-state index is 12.5. The second-order valence-corrected chi connectivity index (χ2v) is 14.5. The summed E-state index contributed by atoms with van der Waals surface area (Å²) in [6.45, 7) is 22.8. The molecule has 0 amide bonds. The Balaban J connectivity index is 3.73. The molecule has 0 fully saturated rings. The summed E-state index contributed by atoms with van der Waals surface area (Å²) in [4.78, 5) is 28.6. The molecule has 0 radical (unpaired) electrons. The van der Waals surface area contributed by atoms with E-state index < -0.39 is 5.60 Å². The smallest absolute Gasteiger partial charge is 0.306 e. The molecule has 0 saturated heterocycles.